The van der Waals surface area contributed by atoms with Gasteiger partial charge in [-0.2, -0.15) is 0 Å². The fourth-order valence-electron chi connectivity index (χ4n) is 6.29. The molecule has 2 unspecified atom stereocenters. The van der Waals surface area contributed by atoms with Gasteiger partial charge in [0.25, 0.3) is 11.8 Å². The topological polar surface area (TPSA) is 104 Å². The average molecular weight is 587 g/mol. The van der Waals surface area contributed by atoms with E-state index in [9.17, 15) is 14.4 Å². The van der Waals surface area contributed by atoms with Crippen LogP contribution in [0.15, 0.2) is 97.1 Å². The number of ether oxygens (including phenoxy) is 2. The molecule has 2 aliphatic heterocycles. The summed E-state index contributed by atoms with van der Waals surface area (Å²) in [6.45, 7) is 2.44. The number of hydrogen-bond donors (Lipinski definition) is 2. The number of carbonyl (C=O) groups is 3. The number of methoxy groups -OCH3 is 1. The maximum absolute atomic E-state index is 14.4. The van der Waals surface area contributed by atoms with Crippen molar-refractivity contribution < 1.29 is 23.9 Å². The summed E-state index contributed by atoms with van der Waals surface area (Å²) in [5, 5.41) is 3.91. The maximum Gasteiger partial charge on any atom is 0.332 e. The lowest BCUT2D eigenvalue weighted by Crippen LogP contribution is -2.44. The zero-order valence-corrected chi connectivity index (χ0v) is 24.2. The van der Waals surface area contributed by atoms with Crippen molar-refractivity contribution >= 4 is 40.1 Å². The van der Waals surface area contributed by atoms with Crippen LogP contribution in [-0.2, 0) is 11.2 Å². The lowest BCUT2D eigenvalue weighted by Gasteiger charge is -2.36. The summed E-state index contributed by atoms with van der Waals surface area (Å²) < 4.78 is 10.9. The zero-order valence-electron chi connectivity index (χ0n) is 24.2. The van der Waals surface area contributed by atoms with Crippen LogP contribution < -0.4 is 19.7 Å². The van der Waals surface area contributed by atoms with Gasteiger partial charge in [0.15, 0.2) is 0 Å². The average Bonchev–Trinajstić information content (AvgIpc) is 3.55. The van der Waals surface area contributed by atoms with E-state index < -0.39 is 24.0 Å². The fourth-order valence-corrected chi connectivity index (χ4v) is 6.29. The van der Waals surface area contributed by atoms with Crippen molar-refractivity contribution in [1.82, 2.24) is 9.88 Å². The fraction of sp³-hybridized carbons (Fsp3) is 0.171. The number of H-pyrrole nitrogens is 1. The van der Waals surface area contributed by atoms with E-state index in [1.165, 1.54) is 0 Å². The van der Waals surface area contributed by atoms with Gasteiger partial charge in [-0.15, -0.1) is 0 Å². The van der Waals surface area contributed by atoms with E-state index in [2.05, 4.69) is 10.3 Å². The van der Waals surface area contributed by atoms with Crippen molar-refractivity contribution in [3.63, 3.8) is 0 Å². The van der Waals surface area contributed by atoms with Gasteiger partial charge >= 0.3 is 6.03 Å². The van der Waals surface area contributed by atoms with Crippen LogP contribution in [0.25, 0.3) is 10.9 Å². The van der Waals surface area contributed by atoms with E-state index in [4.69, 9.17) is 9.47 Å². The number of aromatic nitrogens is 1. The van der Waals surface area contributed by atoms with Crippen molar-refractivity contribution in [1.29, 1.82) is 0 Å². The van der Waals surface area contributed by atoms with E-state index in [-0.39, 0.29) is 17.2 Å². The van der Waals surface area contributed by atoms with Crippen LogP contribution in [0.2, 0.25) is 0 Å². The quantitative estimate of drug-likeness (QED) is 0.218. The molecule has 0 bridgehead atoms. The number of para-hydroxylation sites is 2. The lowest BCUT2D eigenvalue weighted by molar-refractivity contribution is -0.120. The first-order valence-corrected chi connectivity index (χ1v) is 14.5. The number of urea groups is 1. The summed E-state index contributed by atoms with van der Waals surface area (Å²) >= 11 is 0. The highest BCUT2D eigenvalue weighted by Crippen LogP contribution is 2.45. The van der Waals surface area contributed by atoms with Crippen molar-refractivity contribution in [2.45, 2.75) is 25.4 Å². The summed E-state index contributed by atoms with van der Waals surface area (Å²) in [5.41, 5.74) is 4.69. The van der Waals surface area contributed by atoms with Crippen LogP contribution in [0.4, 0.5) is 16.2 Å². The predicted octanol–water partition coefficient (Wildman–Crippen LogP) is 6.31. The molecule has 1 saturated heterocycles. The first-order valence-electron chi connectivity index (χ1n) is 14.5. The Labute approximate surface area is 254 Å². The molecule has 2 atom stereocenters. The summed E-state index contributed by atoms with van der Waals surface area (Å²) in [5.74, 6) is 0.583. The third-order valence-corrected chi connectivity index (χ3v) is 8.29. The van der Waals surface area contributed by atoms with Gasteiger partial charge in [0.05, 0.1) is 25.0 Å². The molecule has 9 heteroatoms. The molecule has 2 aliphatic rings. The Kier molecular flexibility index (Phi) is 6.77. The molecule has 2 N–H and O–H groups in total. The van der Waals surface area contributed by atoms with Gasteiger partial charge < -0.3 is 19.8 Å². The van der Waals surface area contributed by atoms with E-state index in [0.717, 1.165) is 32.6 Å². The molecule has 220 valence electrons. The monoisotopic (exact) mass is 586 g/mol. The number of rotatable bonds is 7. The summed E-state index contributed by atoms with van der Waals surface area (Å²) in [4.78, 5) is 48.4. The molecule has 0 spiro atoms. The largest absolute Gasteiger partial charge is 0.497 e. The summed E-state index contributed by atoms with van der Waals surface area (Å²) in [6, 6.07) is 27.4. The van der Waals surface area contributed by atoms with E-state index in [0.29, 0.717) is 30.2 Å². The standard InChI is InChI=1S/C35H30N4O5/c1-3-44-24-18-14-22(15-19-24)36-33(40)26-9-5-7-11-29(26)39-34(41)30-20-27-25-8-4-6-10-28(25)37-31(27)32(38(30)35(39)42)21-12-16-23(43-2)17-13-21/h4-19,30,32,37H,3,20H2,1-2H3,(H,36,40). The van der Waals surface area contributed by atoms with Gasteiger partial charge in [-0.3, -0.25) is 14.5 Å². The zero-order chi connectivity index (χ0) is 30.4. The Morgan fingerprint density at radius 2 is 1.61 bits per heavy atom. The molecule has 9 nitrogen and oxygen atoms in total. The number of fused-ring (bicyclic) bond motifs is 4. The summed E-state index contributed by atoms with van der Waals surface area (Å²) in [6.07, 6.45) is 0.355. The number of anilines is 2. The highest BCUT2D eigenvalue weighted by Gasteiger charge is 2.53. The van der Waals surface area contributed by atoms with Crippen LogP contribution in [-0.4, -0.2) is 47.5 Å². The minimum atomic E-state index is -0.747. The number of benzene rings is 4. The minimum Gasteiger partial charge on any atom is -0.497 e. The Morgan fingerprint density at radius 1 is 0.909 bits per heavy atom. The molecular formula is C35H30N4O5. The van der Waals surface area contributed by atoms with Crippen LogP contribution in [0.5, 0.6) is 11.5 Å². The molecule has 0 aliphatic carbocycles. The Morgan fingerprint density at radius 3 is 2.36 bits per heavy atom. The maximum atomic E-state index is 14.4. The number of nitrogens with one attached hydrogen (secondary N) is 2. The molecule has 4 amide bonds. The van der Waals surface area contributed by atoms with Crippen LogP contribution in [0.3, 0.4) is 0 Å². The second kappa shape index (κ2) is 10.9. The first-order chi connectivity index (χ1) is 21.5. The number of aromatic amines is 1. The minimum absolute atomic E-state index is 0.216. The molecule has 4 aromatic carbocycles. The number of amides is 4. The van der Waals surface area contributed by atoms with Gasteiger partial charge in [0, 0.05) is 28.7 Å². The molecule has 44 heavy (non-hydrogen) atoms. The number of hydrogen-bond acceptors (Lipinski definition) is 5. The molecule has 1 fully saturated rings. The third-order valence-electron chi connectivity index (χ3n) is 8.29. The van der Waals surface area contributed by atoms with E-state index in [1.54, 1.807) is 60.5 Å². The van der Waals surface area contributed by atoms with Gasteiger partial charge in [-0.25, -0.2) is 9.69 Å². The van der Waals surface area contributed by atoms with Gasteiger partial charge in [-0.05, 0) is 72.6 Å². The Bertz CT molecular complexity index is 1900. The summed E-state index contributed by atoms with van der Waals surface area (Å²) in [7, 11) is 1.60. The third kappa shape index (κ3) is 4.44. The smallest absolute Gasteiger partial charge is 0.332 e. The van der Waals surface area contributed by atoms with Crippen molar-refractivity contribution in [2.75, 3.05) is 23.9 Å². The van der Waals surface area contributed by atoms with Gasteiger partial charge in [0.2, 0.25) is 0 Å². The number of nitrogens with zero attached hydrogens (tertiary/aromatic N) is 2. The van der Waals surface area contributed by atoms with Crippen molar-refractivity contribution in [2.24, 2.45) is 0 Å². The van der Waals surface area contributed by atoms with Crippen LogP contribution in [0.1, 0.15) is 40.1 Å². The van der Waals surface area contributed by atoms with E-state index in [1.807, 2.05) is 55.5 Å². The second-order valence-electron chi connectivity index (χ2n) is 10.8. The SMILES string of the molecule is CCOc1ccc(NC(=O)c2ccccc2N2C(=O)C3Cc4c([nH]c5ccccc45)C(c4ccc(OC)cc4)N3C2=O)cc1. The molecule has 0 radical (unpaired) electrons. The Balaban J connectivity index is 1.27. The highest BCUT2D eigenvalue weighted by atomic mass is 16.5. The molecule has 5 aromatic rings. The van der Waals surface area contributed by atoms with Gasteiger partial charge in [0.1, 0.15) is 23.6 Å². The van der Waals surface area contributed by atoms with Crippen molar-refractivity contribution in [3.8, 4) is 11.5 Å². The van der Waals surface area contributed by atoms with Crippen LogP contribution >= 0.6 is 0 Å². The molecule has 1 aromatic heterocycles. The van der Waals surface area contributed by atoms with E-state index >= 15 is 0 Å². The van der Waals surface area contributed by atoms with Gasteiger partial charge in [-0.1, -0.05) is 42.5 Å². The number of imide groups is 1. The predicted molar refractivity (Wildman–Crippen MR) is 167 cm³/mol. The van der Waals surface area contributed by atoms with Crippen molar-refractivity contribution in [3.05, 3.63) is 119 Å². The Hall–Kier alpha value is -5.57. The second-order valence-corrected chi connectivity index (χ2v) is 10.8. The highest BCUT2D eigenvalue weighted by molar-refractivity contribution is 6.24. The molecule has 0 saturated carbocycles. The first kappa shape index (κ1) is 27.3. The molecule has 3 heterocycles. The normalized spacial score (nSPS) is 17.4. The number of carbonyl (C=O) groups excluding carboxylic acids is 3. The molecular weight excluding hydrogens is 556 g/mol. The molecule has 7 rings (SSSR count). The van der Waals surface area contributed by atoms with Crippen LogP contribution in [0, 0.1) is 0 Å². The lowest BCUT2D eigenvalue weighted by atomic mass is 9.89.